The standard InChI is InChI=1S/C8H12O3.C4H10O/c1-3-6(2)8(9)11-5-7-4-10-7;1-3-5-4-2/h3,7H,4-5H2,1-2H3;3-4H2,1-2H3/b6-3+;. The number of esters is 1. The molecule has 1 fully saturated rings. The Hall–Kier alpha value is -0.870. The Labute approximate surface area is 97.6 Å². The highest BCUT2D eigenvalue weighted by Gasteiger charge is 2.24. The monoisotopic (exact) mass is 230 g/mol. The summed E-state index contributed by atoms with van der Waals surface area (Å²) in [7, 11) is 0. The minimum atomic E-state index is -0.247. The summed E-state index contributed by atoms with van der Waals surface area (Å²) in [6.45, 7) is 10.3. The van der Waals surface area contributed by atoms with Crippen molar-refractivity contribution in [1.82, 2.24) is 0 Å². The second-order valence-electron chi connectivity index (χ2n) is 3.31. The third-order valence-corrected chi connectivity index (χ3v) is 1.97. The lowest BCUT2D eigenvalue weighted by atomic mass is 10.3. The van der Waals surface area contributed by atoms with E-state index in [4.69, 9.17) is 14.2 Å². The Morgan fingerprint density at radius 1 is 1.44 bits per heavy atom. The van der Waals surface area contributed by atoms with E-state index in [1.54, 1.807) is 13.0 Å². The first-order chi connectivity index (χ1) is 7.65. The Morgan fingerprint density at radius 2 is 2.00 bits per heavy atom. The van der Waals surface area contributed by atoms with Crippen molar-refractivity contribution in [2.75, 3.05) is 26.4 Å². The van der Waals surface area contributed by atoms with Gasteiger partial charge < -0.3 is 14.2 Å². The van der Waals surface area contributed by atoms with Gasteiger partial charge in [-0.2, -0.15) is 0 Å². The zero-order valence-electron chi connectivity index (χ0n) is 10.6. The molecule has 0 amide bonds. The van der Waals surface area contributed by atoms with Crippen molar-refractivity contribution < 1.29 is 19.0 Å². The molecule has 4 heteroatoms. The molecule has 0 aromatic heterocycles. The summed E-state index contributed by atoms with van der Waals surface area (Å²) in [5, 5.41) is 0. The lowest BCUT2D eigenvalue weighted by Crippen LogP contribution is -2.10. The fourth-order valence-corrected chi connectivity index (χ4v) is 0.769. The summed E-state index contributed by atoms with van der Waals surface area (Å²) in [6.07, 6.45) is 1.89. The first kappa shape index (κ1) is 15.1. The molecule has 1 atom stereocenters. The molecular formula is C12H22O4. The molecule has 0 saturated carbocycles. The molecule has 16 heavy (non-hydrogen) atoms. The second-order valence-corrected chi connectivity index (χ2v) is 3.31. The molecule has 1 aliphatic heterocycles. The van der Waals surface area contributed by atoms with E-state index in [1.807, 2.05) is 20.8 Å². The lowest BCUT2D eigenvalue weighted by molar-refractivity contribution is -0.139. The van der Waals surface area contributed by atoms with Crippen LogP contribution in [0, 0.1) is 0 Å². The van der Waals surface area contributed by atoms with Crippen LogP contribution in [0.1, 0.15) is 27.7 Å². The molecule has 0 spiro atoms. The number of rotatable bonds is 5. The number of hydrogen-bond donors (Lipinski definition) is 0. The van der Waals surface area contributed by atoms with Crippen molar-refractivity contribution in [3.05, 3.63) is 11.6 Å². The Kier molecular flexibility index (Phi) is 8.85. The third-order valence-electron chi connectivity index (χ3n) is 1.97. The SMILES string of the molecule is C/C=C(\C)C(=O)OCC1CO1.CCOCC. The number of epoxide rings is 1. The third kappa shape index (κ3) is 8.44. The van der Waals surface area contributed by atoms with Gasteiger partial charge in [0, 0.05) is 18.8 Å². The summed E-state index contributed by atoms with van der Waals surface area (Å²) < 4.78 is 14.6. The largest absolute Gasteiger partial charge is 0.459 e. The van der Waals surface area contributed by atoms with Crippen molar-refractivity contribution in [3.8, 4) is 0 Å². The number of carbonyl (C=O) groups excluding carboxylic acids is 1. The molecule has 0 aromatic carbocycles. The van der Waals surface area contributed by atoms with Gasteiger partial charge in [-0.3, -0.25) is 0 Å². The highest BCUT2D eigenvalue weighted by molar-refractivity contribution is 5.87. The molecule has 4 nitrogen and oxygen atoms in total. The van der Waals surface area contributed by atoms with E-state index in [1.165, 1.54) is 0 Å². The maximum absolute atomic E-state index is 11.0. The predicted molar refractivity (Wildman–Crippen MR) is 62.3 cm³/mol. The molecule has 0 N–H and O–H groups in total. The van der Waals surface area contributed by atoms with Crippen molar-refractivity contribution in [2.45, 2.75) is 33.8 Å². The fourth-order valence-electron chi connectivity index (χ4n) is 0.769. The first-order valence-electron chi connectivity index (χ1n) is 5.65. The summed E-state index contributed by atoms with van der Waals surface area (Å²) in [4.78, 5) is 11.0. The van der Waals surface area contributed by atoms with Gasteiger partial charge in [0.15, 0.2) is 0 Å². The van der Waals surface area contributed by atoms with Crippen LogP contribution in [0.3, 0.4) is 0 Å². The van der Waals surface area contributed by atoms with Gasteiger partial charge in [0.25, 0.3) is 0 Å². The zero-order valence-corrected chi connectivity index (χ0v) is 10.6. The van der Waals surface area contributed by atoms with Crippen LogP contribution in [-0.4, -0.2) is 38.5 Å². The minimum Gasteiger partial charge on any atom is -0.459 e. The van der Waals surface area contributed by atoms with E-state index >= 15 is 0 Å². The van der Waals surface area contributed by atoms with Gasteiger partial charge in [0.2, 0.25) is 0 Å². The maximum atomic E-state index is 11.0. The quantitative estimate of drug-likeness (QED) is 0.411. The van der Waals surface area contributed by atoms with Crippen LogP contribution in [0.15, 0.2) is 11.6 Å². The van der Waals surface area contributed by atoms with Crippen molar-refractivity contribution in [3.63, 3.8) is 0 Å². The first-order valence-corrected chi connectivity index (χ1v) is 5.65. The summed E-state index contributed by atoms with van der Waals surface area (Å²) in [6, 6.07) is 0. The molecule has 0 aromatic rings. The highest BCUT2D eigenvalue weighted by Crippen LogP contribution is 2.09. The Bertz CT molecular complexity index is 217. The highest BCUT2D eigenvalue weighted by atomic mass is 16.6. The number of carbonyl (C=O) groups is 1. The van der Waals surface area contributed by atoms with Crippen molar-refractivity contribution >= 4 is 5.97 Å². The smallest absolute Gasteiger partial charge is 0.333 e. The van der Waals surface area contributed by atoms with E-state index < -0.39 is 0 Å². The predicted octanol–water partition coefficient (Wildman–Crippen LogP) is 1.94. The Balaban J connectivity index is 0.000000385. The average Bonchev–Trinajstić information content (AvgIpc) is 3.10. The van der Waals surface area contributed by atoms with Crippen molar-refractivity contribution in [1.29, 1.82) is 0 Å². The van der Waals surface area contributed by atoms with Crippen LogP contribution in [0.2, 0.25) is 0 Å². The van der Waals surface area contributed by atoms with Crippen LogP contribution in [0.4, 0.5) is 0 Å². The normalized spacial score (nSPS) is 18.5. The molecule has 0 radical (unpaired) electrons. The number of hydrogen-bond acceptors (Lipinski definition) is 4. The molecule has 1 aliphatic rings. The summed E-state index contributed by atoms with van der Waals surface area (Å²) in [5.74, 6) is -0.247. The zero-order chi connectivity index (χ0) is 12.4. The molecule has 0 bridgehead atoms. The lowest BCUT2D eigenvalue weighted by Gasteiger charge is -2.00. The van der Waals surface area contributed by atoms with Gasteiger partial charge in [-0.15, -0.1) is 0 Å². The number of ether oxygens (including phenoxy) is 3. The van der Waals surface area contributed by atoms with Gasteiger partial charge in [-0.1, -0.05) is 6.08 Å². The van der Waals surface area contributed by atoms with Gasteiger partial charge in [0.05, 0.1) is 6.61 Å². The van der Waals surface area contributed by atoms with Crippen LogP contribution in [0.25, 0.3) is 0 Å². The average molecular weight is 230 g/mol. The molecule has 94 valence electrons. The van der Waals surface area contributed by atoms with Gasteiger partial charge in [-0.25, -0.2) is 4.79 Å². The topological polar surface area (TPSA) is 48.1 Å². The van der Waals surface area contributed by atoms with Crippen LogP contribution >= 0.6 is 0 Å². The van der Waals surface area contributed by atoms with Crippen LogP contribution in [-0.2, 0) is 19.0 Å². The van der Waals surface area contributed by atoms with Gasteiger partial charge >= 0.3 is 5.97 Å². The summed E-state index contributed by atoms with van der Waals surface area (Å²) >= 11 is 0. The fraction of sp³-hybridized carbons (Fsp3) is 0.750. The molecular weight excluding hydrogens is 208 g/mol. The molecule has 1 saturated heterocycles. The van der Waals surface area contributed by atoms with Gasteiger partial charge in [-0.05, 0) is 27.7 Å². The Morgan fingerprint density at radius 3 is 2.31 bits per heavy atom. The maximum Gasteiger partial charge on any atom is 0.333 e. The molecule has 1 rings (SSSR count). The van der Waals surface area contributed by atoms with Crippen LogP contribution < -0.4 is 0 Å². The summed E-state index contributed by atoms with van der Waals surface area (Å²) in [5.41, 5.74) is 0.644. The van der Waals surface area contributed by atoms with Crippen molar-refractivity contribution in [2.24, 2.45) is 0 Å². The van der Waals surface area contributed by atoms with Gasteiger partial charge in [0.1, 0.15) is 12.7 Å². The minimum absolute atomic E-state index is 0.156. The van der Waals surface area contributed by atoms with E-state index in [-0.39, 0.29) is 12.1 Å². The van der Waals surface area contributed by atoms with E-state index in [2.05, 4.69) is 0 Å². The second kappa shape index (κ2) is 9.36. The van der Waals surface area contributed by atoms with E-state index in [0.717, 1.165) is 19.8 Å². The molecule has 0 aliphatic carbocycles. The number of allylic oxidation sites excluding steroid dienone is 1. The van der Waals surface area contributed by atoms with Crippen LogP contribution in [0.5, 0.6) is 0 Å². The van der Waals surface area contributed by atoms with E-state index in [0.29, 0.717) is 12.2 Å². The van der Waals surface area contributed by atoms with E-state index in [9.17, 15) is 4.79 Å². The molecule has 1 heterocycles. The molecule has 1 unspecified atom stereocenters.